The molecular weight excluding hydrogens is 505 g/mol. The average Bonchev–Trinajstić information content (AvgIpc) is 3.24. The van der Waals surface area contributed by atoms with Gasteiger partial charge >= 0.3 is 6.01 Å². The van der Waals surface area contributed by atoms with E-state index in [2.05, 4.69) is 19.5 Å². The summed E-state index contributed by atoms with van der Waals surface area (Å²) in [5.74, 6) is 1.03. The number of aryl methyl sites for hydroxylation is 1. The molecule has 2 aromatic carbocycles. The van der Waals surface area contributed by atoms with Crippen LogP contribution in [0.5, 0.6) is 11.8 Å². The molecule has 7 nitrogen and oxygen atoms in total. The van der Waals surface area contributed by atoms with Gasteiger partial charge in [0, 0.05) is 52.5 Å². The van der Waals surface area contributed by atoms with Crippen LogP contribution in [0.25, 0.3) is 33.1 Å². The molecule has 0 bridgehead atoms. The van der Waals surface area contributed by atoms with Crippen molar-refractivity contribution in [1.82, 2.24) is 24.5 Å². The highest BCUT2D eigenvalue weighted by molar-refractivity contribution is 6.33. The lowest BCUT2D eigenvalue weighted by Crippen LogP contribution is -2.45. The summed E-state index contributed by atoms with van der Waals surface area (Å²) in [4.78, 5) is 17.5. The van der Waals surface area contributed by atoms with Gasteiger partial charge in [-0.05, 0) is 56.9 Å². The van der Waals surface area contributed by atoms with Crippen molar-refractivity contribution in [2.24, 2.45) is 5.41 Å². The number of hydrogen-bond acceptors (Lipinski definition) is 6. The minimum absolute atomic E-state index is 0.212. The highest BCUT2D eigenvalue weighted by atomic mass is 35.5. The smallest absolute Gasteiger partial charge is 0.321 e. The summed E-state index contributed by atoms with van der Waals surface area (Å²) in [6, 6.07) is 10.7. The molecule has 0 radical (unpaired) electrons. The quantitative estimate of drug-likeness (QED) is 0.248. The van der Waals surface area contributed by atoms with Crippen LogP contribution in [-0.2, 0) is 4.74 Å². The van der Waals surface area contributed by atoms with Gasteiger partial charge in [0.15, 0.2) is 0 Å². The molecule has 1 aliphatic carbocycles. The van der Waals surface area contributed by atoms with Crippen LogP contribution >= 0.6 is 11.6 Å². The molecule has 0 atom stereocenters. The fourth-order valence-corrected chi connectivity index (χ4v) is 6.21. The first kappa shape index (κ1) is 23.5. The zero-order chi connectivity index (χ0) is 25.9. The summed E-state index contributed by atoms with van der Waals surface area (Å²) in [5.41, 5.74) is 3.74. The Morgan fingerprint density at radius 3 is 2.53 bits per heavy atom. The van der Waals surface area contributed by atoms with Crippen LogP contribution in [0.15, 0.2) is 55.0 Å². The molecule has 0 unspecified atom stereocenters. The van der Waals surface area contributed by atoms with Crippen LogP contribution in [0.2, 0.25) is 5.02 Å². The van der Waals surface area contributed by atoms with Crippen LogP contribution < -0.4 is 4.74 Å². The minimum Gasteiger partial charge on any atom is -0.424 e. The van der Waals surface area contributed by atoms with E-state index in [4.69, 9.17) is 26.1 Å². The second-order valence-corrected chi connectivity index (χ2v) is 10.8. The lowest BCUT2D eigenvalue weighted by Gasteiger charge is -2.46. The third-order valence-electron chi connectivity index (χ3n) is 7.96. The van der Waals surface area contributed by atoms with E-state index in [1.54, 1.807) is 42.9 Å². The second-order valence-electron chi connectivity index (χ2n) is 10.4. The lowest BCUT2D eigenvalue weighted by molar-refractivity contribution is -0.135. The van der Waals surface area contributed by atoms with Gasteiger partial charge in [0.2, 0.25) is 0 Å². The van der Waals surface area contributed by atoms with Gasteiger partial charge in [-0.1, -0.05) is 11.6 Å². The fourth-order valence-electron chi connectivity index (χ4n) is 5.94. The molecule has 5 aromatic rings. The van der Waals surface area contributed by atoms with E-state index in [0.717, 1.165) is 61.1 Å². The van der Waals surface area contributed by atoms with Gasteiger partial charge in [0.1, 0.15) is 22.9 Å². The highest BCUT2D eigenvalue weighted by Gasteiger charge is 2.42. The van der Waals surface area contributed by atoms with Gasteiger partial charge in [0.25, 0.3) is 0 Å². The molecule has 192 valence electrons. The summed E-state index contributed by atoms with van der Waals surface area (Å²) in [6.45, 7) is 3.79. The standard InChI is InChI=1S/C29H25ClFN5O2/c1-17-35-26-14-34-25-13-24(31)21(20-4-3-19(11-23(20)30)38-28-32-9-2-10-33-28)12-22(25)27(26)36(17)18-5-7-29(8-6-18)15-37-16-29/h2-4,9-14,18H,5-8,15-16H2,1H3. The largest absolute Gasteiger partial charge is 0.424 e. The number of aromatic nitrogens is 5. The van der Waals surface area contributed by atoms with Crippen molar-refractivity contribution in [3.8, 4) is 22.9 Å². The number of hydrogen-bond donors (Lipinski definition) is 0. The van der Waals surface area contributed by atoms with Crippen LogP contribution in [0.3, 0.4) is 0 Å². The Labute approximate surface area is 223 Å². The Bertz CT molecular complexity index is 1680. The topological polar surface area (TPSA) is 75.0 Å². The fraction of sp³-hybridized carbons (Fsp3) is 0.310. The number of nitrogens with zero attached hydrogens (tertiary/aromatic N) is 5. The summed E-state index contributed by atoms with van der Waals surface area (Å²) in [5, 5.41) is 1.22. The van der Waals surface area contributed by atoms with Crippen LogP contribution in [0.1, 0.15) is 37.5 Å². The molecule has 9 heteroatoms. The minimum atomic E-state index is -0.390. The maximum Gasteiger partial charge on any atom is 0.321 e. The van der Waals surface area contributed by atoms with Crippen molar-refractivity contribution in [1.29, 1.82) is 0 Å². The maximum absolute atomic E-state index is 15.4. The average molecular weight is 530 g/mol. The molecule has 7 rings (SSSR count). The normalized spacial score (nSPS) is 17.2. The van der Waals surface area contributed by atoms with Gasteiger partial charge in [-0.15, -0.1) is 0 Å². The summed E-state index contributed by atoms with van der Waals surface area (Å²) in [7, 11) is 0. The molecule has 3 aromatic heterocycles. The van der Waals surface area contributed by atoms with Crippen molar-refractivity contribution in [3.05, 3.63) is 71.7 Å². The summed E-state index contributed by atoms with van der Waals surface area (Å²) in [6.07, 6.45) is 9.39. The number of imidazole rings is 1. The molecule has 1 aliphatic heterocycles. The first-order valence-electron chi connectivity index (χ1n) is 12.8. The Hall–Kier alpha value is -3.62. The van der Waals surface area contributed by atoms with Crippen molar-refractivity contribution in [2.75, 3.05) is 13.2 Å². The van der Waals surface area contributed by atoms with Gasteiger partial charge in [0.05, 0.1) is 35.5 Å². The number of benzene rings is 2. The predicted octanol–water partition coefficient (Wildman–Crippen LogP) is 7.07. The van der Waals surface area contributed by atoms with Crippen molar-refractivity contribution >= 4 is 33.5 Å². The molecule has 1 spiro atoms. The van der Waals surface area contributed by atoms with Crippen molar-refractivity contribution in [2.45, 2.75) is 38.6 Å². The van der Waals surface area contributed by atoms with E-state index in [1.165, 1.54) is 6.07 Å². The van der Waals surface area contributed by atoms with Crippen LogP contribution in [0, 0.1) is 18.2 Å². The lowest BCUT2D eigenvalue weighted by atomic mass is 9.71. The Kier molecular flexibility index (Phi) is 5.56. The van der Waals surface area contributed by atoms with E-state index in [0.29, 0.717) is 38.9 Å². The van der Waals surface area contributed by atoms with Crippen LogP contribution in [0.4, 0.5) is 4.39 Å². The molecule has 2 fully saturated rings. The van der Waals surface area contributed by atoms with Gasteiger partial charge in [-0.3, -0.25) is 4.98 Å². The SMILES string of the molecule is Cc1nc2cnc3cc(F)c(-c4ccc(Oc5ncccn5)cc4Cl)cc3c2n1C1CCC2(CC1)COC2. The van der Waals surface area contributed by atoms with Gasteiger partial charge in [-0.25, -0.2) is 19.3 Å². The Morgan fingerprint density at radius 2 is 1.82 bits per heavy atom. The number of halogens is 2. The molecule has 1 saturated heterocycles. The number of rotatable bonds is 4. The van der Waals surface area contributed by atoms with E-state index >= 15 is 4.39 Å². The monoisotopic (exact) mass is 529 g/mol. The molecule has 0 amide bonds. The molecule has 4 heterocycles. The third-order valence-corrected chi connectivity index (χ3v) is 8.27. The Morgan fingerprint density at radius 1 is 1.03 bits per heavy atom. The zero-order valence-corrected chi connectivity index (χ0v) is 21.6. The molecule has 38 heavy (non-hydrogen) atoms. The van der Waals surface area contributed by atoms with Gasteiger partial charge < -0.3 is 14.0 Å². The van der Waals surface area contributed by atoms with Gasteiger partial charge in [-0.2, -0.15) is 0 Å². The molecular formula is C29H25ClFN5O2. The third kappa shape index (κ3) is 3.90. The number of fused-ring (bicyclic) bond motifs is 3. The van der Waals surface area contributed by atoms with E-state index in [9.17, 15) is 0 Å². The summed E-state index contributed by atoms with van der Waals surface area (Å²) < 4.78 is 29.0. The second kappa shape index (κ2) is 8.99. The number of ether oxygens (including phenoxy) is 2. The van der Waals surface area contributed by atoms with E-state index in [-0.39, 0.29) is 6.01 Å². The van der Waals surface area contributed by atoms with E-state index < -0.39 is 5.82 Å². The van der Waals surface area contributed by atoms with Crippen molar-refractivity contribution < 1.29 is 13.9 Å². The molecule has 1 saturated carbocycles. The Balaban J connectivity index is 1.30. The first-order valence-corrected chi connectivity index (χ1v) is 13.2. The van der Waals surface area contributed by atoms with E-state index in [1.807, 2.05) is 13.0 Å². The summed E-state index contributed by atoms with van der Waals surface area (Å²) >= 11 is 6.64. The van der Waals surface area contributed by atoms with Crippen molar-refractivity contribution in [3.63, 3.8) is 0 Å². The predicted molar refractivity (Wildman–Crippen MR) is 143 cm³/mol. The zero-order valence-electron chi connectivity index (χ0n) is 20.8. The number of pyridine rings is 1. The molecule has 2 aliphatic rings. The van der Waals surface area contributed by atoms with Crippen LogP contribution in [-0.4, -0.2) is 37.7 Å². The molecule has 0 N–H and O–H groups in total. The maximum atomic E-state index is 15.4. The first-order chi connectivity index (χ1) is 18.5. The highest BCUT2D eigenvalue weighted by Crippen LogP contribution is 2.47.